The summed E-state index contributed by atoms with van der Waals surface area (Å²) in [6.07, 6.45) is 1.80. The summed E-state index contributed by atoms with van der Waals surface area (Å²) in [5.74, 6) is 0. The van der Waals surface area contributed by atoms with Crippen molar-refractivity contribution in [2.75, 3.05) is 0 Å². The number of hydrogen-bond donors (Lipinski definition) is 0. The topological polar surface area (TPSA) is 12.9 Å². The Morgan fingerprint density at radius 2 is 2.23 bits per heavy atom. The van der Waals surface area contributed by atoms with E-state index in [1.165, 1.54) is 0 Å². The third-order valence-corrected chi connectivity index (χ3v) is 2.78. The highest BCUT2D eigenvalue weighted by Crippen LogP contribution is 2.20. The van der Waals surface area contributed by atoms with E-state index in [9.17, 15) is 0 Å². The third kappa shape index (κ3) is 1.65. The predicted octanol–water partition coefficient (Wildman–Crippen LogP) is 1.91. The minimum atomic E-state index is 0.827. The smallest absolute Gasteiger partial charge is 0.123 e. The Kier molecular flexibility index (Phi) is 2.19. The van der Waals surface area contributed by atoms with Gasteiger partial charge < -0.3 is 0 Å². The first-order chi connectivity index (χ1) is 6.27. The number of rotatable bonds is 1. The number of thiazole rings is 1. The van der Waals surface area contributed by atoms with E-state index in [1.54, 1.807) is 17.5 Å². The highest BCUT2D eigenvalue weighted by Gasteiger charge is 2.00. The van der Waals surface area contributed by atoms with Crippen molar-refractivity contribution in [2.45, 2.75) is 6.92 Å². The fraction of sp³-hybridized carbons (Fsp3) is 0.100. The molecule has 0 fully saturated rings. The molecule has 2 radical (unpaired) electrons. The van der Waals surface area contributed by atoms with Gasteiger partial charge in [-0.05, 0) is 6.92 Å². The highest BCUT2D eigenvalue weighted by molar-refractivity contribution is 7.13. The van der Waals surface area contributed by atoms with Gasteiger partial charge in [0.2, 0.25) is 0 Å². The monoisotopic (exact) mass is 185 g/mol. The summed E-state index contributed by atoms with van der Waals surface area (Å²) in [5.41, 5.74) is 3.03. The van der Waals surface area contributed by atoms with Crippen LogP contribution < -0.4 is 5.46 Å². The van der Waals surface area contributed by atoms with Gasteiger partial charge in [0.25, 0.3) is 0 Å². The van der Waals surface area contributed by atoms with Crippen molar-refractivity contribution in [3.63, 3.8) is 0 Å². The van der Waals surface area contributed by atoms with Crippen LogP contribution in [0.4, 0.5) is 0 Å². The van der Waals surface area contributed by atoms with Gasteiger partial charge in [0, 0.05) is 17.1 Å². The zero-order valence-corrected chi connectivity index (χ0v) is 8.14. The summed E-state index contributed by atoms with van der Waals surface area (Å²) in [4.78, 5) is 4.22. The molecule has 0 aliphatic heterocycles. The van der Waals surface area contributed by atoms with Crippen molar-refractivity contribution in [2.24, 2.45) is 0 Å². The number of benzene rings is 1. The molecule has 62 valence electrons. The molecule has 0 aliphatic carbocycles. The van der Waals surface area contributed by atoms with E-state index < -0.39 is 0 Å². The van der Waals surface area contributed by atoms with Crippen molar-refractivity contribution >= 4 is 24.6 Å². The largest absolute Gasteiger partial charge is 0.245 e. The van der Waals surface area contributed by atoms with Gasteiger partial charge in [-0.2, -0.15) is 0 Å². The lowest BCUT2D eigenvalue weighted by molar-refractivity contribution is 1.41. The summed E-state index contributed by atoms with van der Waals surface area (Å²) in [6.45, 7) is 2.00. The molecule has 0 N–H and O–H groups in total. The maximum atomic E-state index is 5.80. The SMILES string of the molecule is [B]c1cc(-c2nccs2)ccc1C. The number of nitrogens with zero attached hydrogens (tertiary/aromatic N) is 1. The average molecular weight is 185 g/mol. The van der Waals surface area contributed by atoms with Crippen LogP contribution in [0.15, 0.2) is 29.8 Å². The molecule has 0 saturated heterocycles. The first-order valence-corrected chi connectivity index (χ1v) is 4.91. The van der Waals surface area contributed by atoms with Gasteiger partial charge in [0.15, 0.2) is 0 Å². The molecule has 0 atom stereocenters. The molecule has 0 unspecified atom stereocenters. The second kappa shape index (κ2) is 3.34. The fourth-order valence-electron chi connectivity index (χ4n) is 1.14. The molecule has 1 aromatic carbocycles. The maximum absolute atomic E-state index is 5.80. The summed E-state index contributed by atoms with van der Waals surface area (Å²) in [5, 5.41) is 2.98. The summed E-state index contributed by atoms with van der Waals surface area (Å²) >= 11 is 1.62. The first-order valence-electron chi connectivity index (χ1n) is 4.03. The number of hydrogen-bond acceptors (Lipinski definition) is 2. The van der Waals surface area contributed by atoms with E-state index in [-0.39, 0.29) is 0 Å². The van der Waals surface area contributed by atoms with E-state index in [4.69, 9.17) is 7.85 Å². The van der Waals surface area contributed by atoms with Crippen LogP contribution in [0.5, 0.6) is 0 Å². The summed E-state index contributed by atoms with van der Waals surface area (Å²) in [7, 11) is 5.80. The molecule has 1 nitrogen and oxygen atoms in total. The molecule has 0 spiro atoms. The van der Waals surface area contributed by atoms with Crippen LogP contribution >= 0.6 is 11.3 Å². The molecule has 2 aromatic rings. The minimum Gasteiger partial charge on any atom is -0.245 e. The van der Waals surface area contributed by atoms with Crippen LogP contribution in [-0.4, -0.2) is 12.8 Å². The van der Waals surface area contributed by atoms with Gasteiger partial charge in [-0.25, -0.2) is 4.98 Å². The molecule has 2 rings (SSSR count). The summed E-state index contributed by atoms with van der Waals surface area (Å²) < 4.78 is 0. The van der Waals surface area contributed by atoms with Crippen LogP contribution in [0.2, 0.25) is 0 Å². The van der Waals surface area contributed by atoms with E-state index in [2.05, 4.69) is 4.98 Å². The van der Waals surface area contributed by atoms with E-state index in [1.807, 2.05) is 30.5 Å². The fourth-order valence-corrected chi connectivity index (χ4v) is 1.77. The Morgan fingerprint density at radius 1 is 1.38 bits per heavy atom. The zero-order valence-electron chi connectivity index (χ0n) is 7.32. The van der Waals surface area contributed by atoms with Crippen molar-refractivity contribution < 1.29 is 0 Å². The average Bonchev–Trinajstić information content (AvgIpc) is 2.62. The molecule has 13 heavy (non-hydrogen) atoms. The van der Waals surface area contributed by atoms with Gasteiger partial charge >= 0.3 is 0 Å². The highest BCUT2D eigenvalue weighted by atomic mass is 32.1. The molecular weight excluding hydrogens is 177 g/mol. The Hall–Kier alpha value is -1.09. The third-order valence-electron chi connectivity index (χ3n) is 1.96. The van der Waals surface area contributed by atoms with Crippen molar-refractivity contribution in [1.82, 2.24) is 4.98 Å². The van der Waals surface area contributed by atoms with E-state index in [0.29, 0.717) is 0 Å². The van der Waals surface area contributed by atoms with Gasteiger partial charge in [-0.15, -0.1) is 11.3 Å². The predicted molar refractivity (Wildman–Crippen MR) is 57.7 cm³/mol. The van der Waals surface area contributed by atoms with Crippen molar-refractivity contribution in [3.8, 4) is 10.6 Å². The minimum absolute atomic E-state index is 0.827. The Morgan fingerprint density at radius 3 is 2.85 bits per heavy atom. The van der Waals surface area contributed by atoms with Gasteiger partial charge in [0.1, 0.15) is 12.9 Å². The van der Waals surface area contributed by atoms with Crippen molar-refractivity contribution in [1.29, 1.82) is 0 Å². The second-order valence-corrected chi connectivity index (χ2v) is 3.80. The molecular formula is C10H8BNS. The molecule has 0 aliphatic rings. The quantitative estimate of drug-likeness (QED) is 0.618. The van der Waals surface area contributed by atoms with Crippen molar-refractivity contribution in [3.05, 3.63) is 35.3 Å². The van der Waals surface area contributed by atoms with Crippen LogP contribution in [0, 0.1) is 6.92 Å². The van der Waals surface area contributed by atoms with Crippen LogP contribution in [0.1, 0.15) is 5.56 Å². The summed E-state index contributed by atoms with van der Waals surface area (Å²) in [6, 6.07) is 6.03. The number of aromatic nitrogens is 1. The first kappa shape index (κ1) is 8.51. The normalized spacial score (nSPS) is 10.2. The molecule has 1 heterocycles. The lowest BCUT2D eigenvalue weighted by Gasteiger charge is -2.01. The van der Waals surface area contributed by atoms with E-state index >= 15 is 0 Å². The Balaban J connectivity index is 2.49. The molecule has 0 saturated carbocycles. The Bertz CT molecular complexity index is 409. The van der Waals surface area contributed by atoms with Crippen LogP contribution in [0.25, 0.3) is 10.6 Å². The molecule has 0 amide bonds. The van der Waals surface area contributed by atoms with E-state index in [0.717, 1.165) is 21.6 Å². The zero-order chi connectivity index (χ0) is 9.26. The van der Waals surface area contributed by atoms with Crippen LogP contribution in [-0.2, 0) is 0 Å². The van der Waals surface area contributed by atoms with Gasteiger partial charge in [0.05, 0.1) is 0 Å². The lowest BCUT2D eigenvalue weighted by atomic mass is 9.90. The second-order valence-electron chi connectivity index (χ2n) is 2.91. The number of aryl methyl sites for hydroxylation is 1. The van der Waals surface area contributed by atoms with Crippen LogP contribution in [0.3, 0.4) is 0 Å². The van der Waals surface area contributed by atoms with Gasteiger partial charge in [-0.3, -0.25) is 0 Å². The lowest BCUT2D eigenvalue weighted by Crippen LogP contribution is -2.06. The maximum Gasteiger partial charge on any atom is 0.123 e. The molecule has 0 bridgehead atoms. The Labute approximate surface area is 82.9 Å². The molecule has 3 heteroatoms. The van der Waals surface area contributed by atoms with Gasteiger partial charge in [-0.1, -0.05) is 29.2 Å². The molecule has 1 aromatic heterocycles. The standard InChI is InChI=1S/C10H8BNS/c1-7-2-3-8(6-9(7)11)10-12-4-5-13-10/h2-6H,1H3.